The third kappa shape index (κ3) is 3.64. The Morgan fingerprint density at radius 1 is 1.31 bits per heavy atom. The molecule has 1 aliphatic heterocycles. The molecule has 1 unspecified atom stereocenters. The summed E-state index contributed by atoms with van der Waals surface area (Å²) >= 11 is 0. The van der Waals surface area contributed by atoms with E-state index in [-0.39, 0.29) is 29.2 Å². The van der Waals surface area contributed by atoms with Crippen LogP contribution in [-0.4, -0.2) is 41.0 Å². The fourth-order valence-corrected chi connectivity index (χ4v) is 4.25. The lowest BCUT2D eigenvalue weighted by atomic mass is 9.85. The van der Waals surface area contributed by atoms with Crippen LogP contribution in [-0.2, 0) is 4.79 Å². The average Bonchev–Trinajstić information content (AvgIpc) is 3.49. The van der Waals surface area contributed by atoms with E-state index in [2.05, 4.69) is 31.2 Å². The zero-order valence-corrected chi connectivity index (χ0v) is 16.0. The molecule has 3 aliphatic rings. The summed E-state index contributed by atoms with van der Waals surface area (Å²) in [7, 11) is 0. The number of likely N-dealkylation sites (tertiary alicyclic amines) is 1. The molecule has 2 amide bonds. The lowest BCUT2D eigenvalue weighted by Crippen LogP contribution is -2.39. The van der Waals surface area contributed by atoms with Gasteiger partial charge >= 0.3 is 0 Å². The highest BCUT2D eigenvalue weighted by Gasteiger charge is 2.41. The van der Waals surface area contributed by atoms with Crippen molar-refractivity contribution >= 4 is 11.8 Å². The van der Waals surface area contributed by atoms with Crippen molar-refractivity contribution in [3.05, 3.63) is 17.5 Å². The van der Waals surface area contributed by atoms with Gasteiger partial charge < -0.3 is 14.7 Å². The van der Waals surface area contributed by atoms with Gasteiger partial charge in [0.1, 0.15) is 5.56 Å². The highest BCUT2D eigenvalue weighted by Crippen LogP contribution is 2.42. The number of amides is 2. The highest BCUT2D eigenvalue weighted by atomic mass is 16.5. The minimum atomic E-state index is -0.0455. The van der Waals surface area contributed by atoms with E-state index in [0.717, 1.165) is 37.9 Å². The maximum atomic E-state index is 13.1. The van der Waals surface area contributed by atoms with E-state index >= 15 is 0 Å². The number of carbonyl (C=O) groups is 2. The van der Waals surface area contributed by atoms with Gasteiger partial charge in [-0.2, -0.15) is 0 Å². The largest absolute Gasteiger partial charge is 0.360 e. The van der Waals surface area contributed by atoms with Crippen molar-refractivity contribution < 1.29 is 14.1 Å². The summed E-state index contributed by atoms with van der Waals surface area (Å²) in [6.45, 7) is 7.81. The third-order valence-electron chi connectivity index (χ3n) is 6.02. The van der Waals surface area contributed by atoms with Crippen molar-refractivity contribution in [2.45, 2.75) is 64.8 Å². The molecule has 0 radical (unpaired) electrons. The summed E-state index contributed by atoms with van der Waals surface area (Å²) in [5.41, 5.74) is 0.577. The molecule has 1 aromatic rings. The molecule has 0 spiro atoms. The van der Waals surface area contributed by atoms with E-state index in [4.69, 9.17) is 4.52 Å². The van der Waals surface area contributed by atoms with Crippen LogP contribution in [0.5, 0.6) is 0 Å². The topological polar surface area (TPSA) is 75.4 Å². The van der Waals surface area contributed by atoms with Gasteiger partial charge in [0.05, 0.1) is 6.20 Å². The van der Waals surface area contributed by atoms with Crippen LogP contribution < -0.4 is 5.32 Å². The minimum Gasteiger partial charge on any atom is -0.360 e. The molecule has 6 heteroatoms. The Labute approximate surface area is 154 Å². The fraction of sp³-hybridized carbons (Fsp3) is 0.750. The Morgan fingerprint density at radius 2 is 2.04 bits per heavy atom. The lowest BCUT2D eigenvalue weighted by Gasteiger charge is -2.30. The standard InChI is InChI=1S/C20H29N3O3/c1-12-8-15(12)18(24)22-14-6-7-23(11-20(2,3)9-14)19(25)16-10-21-26-17(16)13-4-5-13/h10,12-15H,4-9,11H2,1-3H3,(H,22,24)/t12-,14?,15-/m1/s1. The van der Waals surface area contributed by atoms with Crippen LogP contribution in [0, 0.1) is 17.3 Å². The Bertz CT molecular complexity index is 707. The SMILES string of the molecule is C[C@@H]1C[C@H]1C(=O)NC1CCN(C(=O)c2cnoc2C2CC2)CC(C)(C)C1. The number of carbonyl (C=O) groups excluding carboxylic acids is 2. The maximum absolute atomic E-state index is 13.1. The van der Waals surface area contributed by atoms with Gasteiger partial charge in [0, 0.05) is 31.0 Å². The predicted octanol–water partition coefficient (Wildman–Crippen LogP) is 2.96. The first-order valence-corrected chi connectivity index (χ1v) is 9.88. The summed E-state index contributed by atoms with van der Waals surface area (Å²) in [4.78, 5) is 27.3. The van der Waals surface area contributed by atoms with Gasteiger partial charge in [-0.1, -0.05) is 25.9 Å². The van der Waals surface area contributed by atoms with Crippen molar-refractivity contribution in [3.63, 3.8) is 0 Å². The van der Waals surface area contributed by atoms with Crippen LogP contribution in [0.15, 0.2) is 10.7 Å². The summed E-state index contributed by atoms with van der Waals surface area (Å²) in [5.74, 6) is 2.03. The molecule has 26 heavy (non-hydrogen) atoms. The summed E-state index contributed by atoms with van der Waals surface area (Å²) in [6, 6.07) is 0.133. The predicted molar refractivity (Wildman–Crippen MR) is 96.6 cm³/mol. The average molecular weight is 359 g/mol. The molecule has 1 N–H and O–H groups in total. The molecule has 1 saturated heterocycles. The zero-order valence-electron chi connectivity index (χ0n) is 16.0. The number of nitrogens with one attached hydrogen (secondary N) is 1. The van der Waals surface area contributed by atoms with Gasteiger partial charge in [-0.05, 0) is 43.4 Å². The van der Waals surface area contributed by atoms with Gasteiger partial charge in [0.25, 0.3) is 5.91 Å². The highest BCUT2D eigenvalue weighted by molar-refractivity contribution is 5.95. The maximum Gasteiger partial charge on any atom is 0.259 e. The Hall–Kier alpha value is -1.85. The van der Waals surface area contributed by atoms with E-state index in [1.165, 1.54) is 0 Å². The molecule has 2 saturated carbocycles. The van der Waals surface area contributed by atoms with E-state index in [1.807, 2.05) is 4.90 Å². The van der Waals surface area contributed by atoms with E-state index in [9.17, 15) is 9.59 Å². The summed E-state index contributed by atoms with van der Waals surface area (Å²) in [6.07, 6.45) is 6.42. The quantitative estimate of drug-likeness (QED) is 0.897. The van der Waals surface area contributed by atoms with Gasteiger partial charge in [-0.25, -0.2) is 0 Å². The number of nitrogens with zero attached hydrogens (tertiary/aromatic N) is 2. The van der Waals surface area contributed by atoms with Gasteiger partial charge in [-0.3, -0.25) is 9.59 Å². The molecule has 142 valence electrons. The lowest BCUT2D eigenvalue weighted by molar-refractivity contribution is -0.123. The molecule has 0 aromatic carbocycles. The second-order valence-electron chi connectivity index (χ2n) is 9.29. The number of aromatic nitrogens is 1. The first-order chi connectivity index (χ1) is 12.3. The van der Waals surface area contributed by atoms with Crippen LogP contribution in [0.25, 0.3) is 0 Å². The number of hydrogen-bond donors (Lipinski definition) is 1. The van der Waals surface area contributed by atoms with E-state index in [1.54, 1.807) is 6.20 Å². The van der Waals surface area contributed by atoms with Crippen molar-refractivity contribution in [2.24, 2.45) is 17.3 Å². The van der Waals surface area contributed by atoms with Crippen LogP contribution in [0.2, 0.25) is 0 Å². The minimum absolute atomic E-state index is 0.0176. The Balaban J connectivity index is 1.44. The Kier molecular flexibility index (Phi) is 4.32. The molecule has 3 atom stereocenters. The molecular weight excluding hydrogens is 330 g/mol. The normalized spacial score (nSPS) is 30.6. The van der Waals surface area contributed by atoms with E-state index < -0.39 is 0 Å². The molecule has 6 nitrogen and oxygen atoms in total. The van der Waals surface area contributed by atoms with Crippen molar-refractivity contribution in [1.82, 2.24) is 15.4 Å². The van der Waals surface area contributed by atoms with Gasteiger partial charge in [0.15, 0.2) is 5.76 Å². The smallest absolute Gasteiger partial charge is 0.259 e. The fourth-order valence-electron chi connectivity index (χ4n) is 4.25. The monoisotopic (exact) mass is 359 g/mol. The molecular formula is C20H29N3O3. The van der Waals surface area contributed by atoms with Crippen LogP contribution >= 0.6 is 0 Å². The first-order valence-electron chi connectivity index (χ1n) is 9.88. The molecule has 0 bridgehead atoms. The zero-order chi connectivity index (χ0) is 18.5. The van der Waals surface area contributed by atoms with Crippen molar-refractivity contribution in [3.8, 4) is 0 Å². The number of rotatable bonds is 4. The van der Waals surface area contributed by atoms with Gasteiger partial charge in [0.2, 0.25) is 5.91 Å². The second kappa shape index (κ2) is 6.39. The third-order valence-corrected chi connectivity index (χ3v) is 6.02. The molecule has 1 aromatic heterocycles. The second-order valence-corrected chi connectivity index (χ2v) is 9.29. The van der Waals surface area contributed by atoms with Gasteiger partial charge in [-0.15, -0.1) is 0 Å². The van der Waals surface area contributed by atoms with Crippen LogP contribution in [0.1, 0.15) is 74.9 Å². The Morgan fingerprint density at radius 3 is 2.69 bits per heavy atom. The van der Waals surface area contributed by atoms with Crippen molar-refractivity contribution in [1.29, 1.82) is 0 Å². The summed E-state index contributed by atoms with van der Waals surface area (Å²) < 4.78 is 5.35. The molecule has 3 fully saturated rings. The van der Waals surface area contributed by atoms with Crippen molar-refractivity contribution in [2.75, 3.05) is 13.1 Å². The molecule has 2 heterocycles. The first kappa shape index (κ1) is 17.6. The summed E-state index contributed by atoms with van der Waals surface area (Å²) in [5, 5.41) is 7.10. The van der Waals surface area contributed by atoms with E-state index in [0.29, 0.717) is 30.5 Å². The molecule has 4 rings (SSSR count). The molecule has 2 aliphatic carbocycles. The number of hydrogen-bond acceptors (Lipinski definition) is 4. The van der Waals surface area contributed by atoms with Crippen LogP contribution in [0.4, 0.5) is 0 Å². The van der Waals surface area contributed by atoms with Crippen LogP contribution in [0.3, 0.4) is 0 Å².